The summed E-state index contributed by atoms with van der Waals surface area (Å²) >= 11 is 0. The van der Waals surface area contributed by atoms with Crippen LogP contribution in [-0.4, -0.2) is 0 Å². The first kappa shape index (κ1) is 39.6. The predicted octanol–water partition coefficient (Wildman–Crippen LogP) is 18.7. The van der Waals surface area contributed by atoms with Crippen LogP contribution in [0, 0.1) is 0 Å². The Kier molecular flexibility index (Phi) is 9.68. The third-order valence-corrected chi connectivity index (χ3v) is 14.0. The second-order valence-corrected chi connectivity index (χ2v) is 18.0. The minimum absolute atomic E-state index is 1.05. The maximum Gasteiger partial charge on any atom is 0.0620 e. The van der Waals surface area contributed by atoms with E-state index in [0.717, 1.165) is 68.5 Å². The number of allylic oxidation sites excluding steroid dienone is 1. The maximum absolute atomic E-state index is 2.54. The topological polar surface area (TPSA) is 6.48 Å². The summed E-state index contributed by atoms with van der Waals surface area (Å²) in [7, 11) is 0. The van der Waals surface area contributed by atoms with Crippen LogP contribution in [-0.2, 0) is 6.42 Å². The van der Waals surface area contributed by atoms with Crippen molar-refractivity contribution >= 4 is 94.1 Å². The number of anilines is 6. The standard InChI is InChI=1S/C66H46N2/c1-3-15-45(16-4-1)55-31-37-61-63(43-55)65(67(57-33-27-47-19-7-11-23-51(47)39-57)58-34-28-48-20-8-12-24-52(48)40-58)62-38-32-56(46-17-5-2-6-18-46)44-64(62)66(61)68(59-35-29-49-21-9-13-25-53(49)41-59)60-36-30-50-22-10-14-26-54(50)42-60/h1-9,11-21,23-44H,10,22H2. The van der Waals surface area contributed by atoms with E-state index >= 15 is 0 Å². The number of hydrogen-bond acceptors (Lipinski definition) is 2. The third kappa shape index (κ3) is 6.98. The van der Waals surface area contributed by atoms with E-state index in [-0.39, 0.29) is 0 Å². The predicted molar refractivity (Wildman–Crippen MR) is 292 cm³/mol. The minimum Gasteiger partial charge on any atom is -0.309 e. The molecule has 0 fully saturated rings. The lowest BCUT2D eigenvalue weighted by molar-refractivity contribution is 0.985. The maximum atomic E-state index is 2.54. The molecule has 0 saturated heterocycles. The van der Waals surface area contributed by atoms with E-state index in [1.807, 2.05) is 0 Å². The van der Waals surface area contributed by atoms with Gasteiger partial charge < -0.3 is 9.80 Å². The smallest absolute Gasteiger partial charge is 0.0620 e. The molecule has 320 valence electrons. The summed E-state index contributed by atoms with van der Waals surface area (Å²) < 4.78 is 0. The normalized spacial score (nSPS) is 12.2. The Morgan fingerprint density at radius 1 is 0.279 bits per heavy atom. The molecule has 0 aromatic heterocycles. The SMILES string of the molecule is C1=Cc2cc(N(c3ccc4ccccc4c3)c3c4ccc(-c5ccccc5)cc4c(N(c4ccc5ccccc5c4)c4ccc5ccccc5c4)c4ccc(-c5ccccc5)cc34)ccc2CC1. The summed E-state index contributed by atoms with van der Waals surface area (Å²) in [5.74, 6) is 0. The van der Waals surface area contributed by atoms with Gasteiger partial charge in [-0.05, 0) is 139 Å². The van der Waals surface area contributed by atoms with Gasteiger partial charge in [0.05, 0.1) is 11.4 Å². The van der Waals surface area contributed by atoms with Crippen molar-refractivity contribution in [1.82, 2.24) is 0 Å². The van der Waals surface area contributed by atoms with E-state index in [0.29, 0.717) is 0 Å². The lowest BCUT2D eigenvalue weighted by Gasteiger charge is -2.34. The van der Waals surface area contributed by atoms with Crippen LogP contribution in [0.3, 0.4) is 0 Å². The Morgan fingerprint density at radius 2 is 0.676 bits per heavy atom. The van der Waals surface area contributed by atoms with Crippen LogP contribution >= 0.6 is 0 Å². The Labute approximate surface area is 396 Å². The zero-order valence-electron chi connectivity index (χ0n) is 37.6. The first-order chi connectivity index (χ1) is 33.7. The van der Waals surface area contributed by atoms with E-state index in [9.17, 15) is 0 Å². The number of hydrogen-bond donors (Lipinski definition) is 0. The molecular weight excluding hydrogens is 821 g/mol. The van der Waals surface area contributed by atoms with Crippen molar-refractivity contribution in [3.05, 3.63) is 260 Å². The highest BCUT2D eigenvalue weighted by atomic mass is 15.2. The van der Waals surface area contributed by atoms with E-state index in [1.54, 1.807) is 0 Å². The molecule has 12 aromatic rings. The molecule has 0 aliphatic heterocycles. The van der Waals surface area contributed by atoms with Crippen molar-refractivity contribution in [3.63, 3.8) is 0 Å². The van der Waals surface area contributed by atoms with Crippen LogP contribution < -0.4 is 9.80 Å². The first-order valence-corrected chi connectivity index (χ1v) is 23.7. The van der Waals surface area contributed by atoms with Crippen LogP contribution in [0.25, 0.3) is 82.2 Å². The van der Waals surface area contributed by atoms with Crippen molar-refractivity contribution in [2.75, 3.05) is 9.80 Å². The van der Waals surface area contributed by atoms with Gasteiger partial charge >= 0.3 is 0 Å². The number of nitrogens with zero attached hydrogens (tertiary/aromatic N) is 2. The zero-order chi connectivity index (χ0) is 45.0. The van der Waals surface area contributed by atoms with Crippen molar-refractivity contribution in [3.8, 4) is 22.3 Å². The van der Waals surface area contributed by atoms with Gasteiger partial charge in [0, 0.05) is 44.3 Å². The molecule has 0 unspecified atom stereocenters. The van der Waals surface area contributed by atoms with Crippen LogP contribution in [0.2, 0.25) is 0 Å². The Balaban J connectivity index is 1.20. The van der Waals surface area contributed by atoms with E-state index in [2.05, 4.69) is 265 Å². The Hall–Kier alpha value is -8.72. The highest BCUT2D eigenvalue weighted by Gasteiger charge is 2.27. The molecule has 0 heterocycles. The summed E-state index contributed by atoms with van der Waals surface area (Å²) in [6.07, 6.45) is 6.74. The molecule has 0 spiro atoms. The van der Waals surface area contributed by atoms with Crippen molar-refractivity contribution in [1.29, 1.82) is 0 Å². The molecule has 2 heteroatoms. The molecule has 0 amide bonds. The summed E-state index contributed by atoms with van der Waals surface area (Å²) in [5, 5.41) is 11.9. The largest absolute Gasteiger partial charge is 0.309 e. The van der Waals surface area contributed by atoms with Gasteiger partial charge in [-0.1, -0.05) is 194 Å². The van der Waals surface area contributed by atoms with Crippen LogP contribution in [0.1, 0.15) is 17.5 Å². The number of rotatable bonds is 8. The monoisotopic (exact) mass is 866 g/mol. The van der Waals surface area contributed by atoms with Gasteiger partial charge in [0.2, 0.25) is 0 Å². The zero-order valence-corrected chi connectivity index (χ0v) is 37.6. The third-order valence-electron chi connectivity index (χ3n) is 14.0. The fourth-order valence-corrected chi connectivity index (χ4v) is 10.6. The lowest BCUT2D eigenvalue weighted by Crippen LogP contribution is -2.15. The van der Waals surface area contributed by atoms with Gasteiger partial charge in [0.25, 0.3) is 0 Å². The number of benzene rings is 12. The minimum atomic E-state index is 1.05. The molecule has 68 heavy (non-hydrogen) atoms. The highest BCUT2D eigenvalue weighted by molar-refractivity contribution is 6.25. The van der Waals surface area contributed by atoms with Crippen LogP contribution in [0.5, 0.6) is 0 Å². The van der Waals surface area contributed by atoms with Gasteiger partial charge in [-0.3, -0.25) is 0 Å². The summed E-state index contributed by atoms with van der Waals surface area (Å²) in [6.45, 7) is 0. The molecule has 2 nitrogen and oxygen atoms in total. The Bertz CT molecular complexity index is 3850. The average Bonchev–Trinajstić information content (AvgIpc) is 3.41. The summed E-state index contributed by atoms with van der Waals surface area (Å²) in [6, 6.07) is 89.9. The van der Waals surface area contributed by atoms with Crippen molar-refractivity contribution in [2.24, 2.45) is 0 Å². The molecule has 13 rings (SSSR count). The molecule has 1 aliphatic rings. The second kappa shape index (κ2) is 16.6. The summed E-state index contributed by atoms with van der Waals surface area (Å²) in [5.41, 5.74) is 14.1. The lowest BCUT2D eigenvalue weighted by atomic mass is 9.90. The van der Waals surface area contributed by atoms with Crippen LogP contribution in [0.4, 0.5) is 34.1 Å². The molecular formula is C66H46N2. The highest BCUT2D eigenvalue weighted by Crippen LogP contribution is 2.53. The molecule has 0 N–H and O–H groups in total. The second-order valence-electron chi connectivity index (χ2n) is 18.0. The first-order valence-electron chi connectivity index (χ1n) is 23.7. The van der Waals surface area contributed by atoms with E-state index in [1.165, 1.54) is 65.7 Å². The fraction of sp³-hybridized carbons (Fsp3) is 0.0303. The van der Waals surface area contributed by atoms with Gasteiger partial charge in [-0.15, -0.1) is 0 Å². The fourth-order valence-electron chi connectivity index (χ4n) is 10.6. The van der Waals surface area contributed by atoms with Gasteiger partial charge in [0.1, 0.15) is 0 Å². The molecule has 0 radical (unpaired) electrons. The van der Waals surface area contributed by atoms with Crippen LogP contribution in [0.15, 0.2) is 249 Å². The molecule has 0 saturated carbocycles. The van der Waals surface area contributed by atoms with Gasteiger partial charge in [0.15, 0.2) is 0 Å². The van der Waals surface area contributed by atoms with E-state index in [4.69, 9.17) is 0 Å². The quantitative estimate of drug-likeness (QED) is 0.111. The molecule has 0 bridgehead atoms. The Morgan fingerprint density at radius 3 is 1.13 bits per heavy atom. The van der Waals surface area contributed by atoms with Gasteiger partial charge in [-0.25, -0.2) is 0 Å². The van der Waals surface area contributed by atoms with E-state index < -0.39 is 0 Å². The molecule has 0 atom stereocenters. The van der Waals surface area contributed by atoms with Crippen molar-refractivity contribution in [2.45, 2.75) is 12.8 Å². The molecule has 12 aromatic carbocycles. The number of fused-ring (bicyclic) bond motifs is 6. The number of aryl methyl sites for hydroxylation is 1. The molecule has 1 aliphatic carbocycles. The van der Waals surface area contributed by atoms with Crippen molar-refractivity contribution < 1.29 is 0 Å². The summed E-state index contributed by atoms with van der Waals surface area (Å²) in [4.78, 5) is 5.06. The average molecular weight is 867 g/mol. The van der Waals surface area contributed by atoms with Gasteiger partial charge in [-0.2, -0.15) is 0 Å².